The summed E-state index contributed by atoms with van der Waals surface area (Å²) in [5.74, 6) is 1.17. The summed E-state index contributed by atoms with van der Waals surface area (Å²) in [7, 11) is 0. The van der Waals surface area contributed by atoms with E-state index in [1.807, 2.05) is 13.8 Å². The lowest BCUT2D eigenvalue weighted by Gasteiger charge is -2.37. The number of nitrogens with zero attached hydrogens (tertiary/aromatic N) is 2. The first-order valence-corrected chi connectivity index (χ1v) is 9.77. The number of benzene rings is 1. The molecule has 0 aliphatic carbocycles. The Balaban J connectivity index is 1.82. The summed E-state index contributed by atoms with van der Waals surface area (Å²) < 4.78 is 24.3. The standard InChI is InChI=1S/C20H33FN4O2/c1-5-22-20(23-12-15(2)25-10-11-26-14-16(25)3)24-13-17(4)27-19-8-6-18(21)7-9-19/h6-9,15-17H,5,10-14H2,1-4H3,(H2,22,23,24). The Morgan fingerprint density at radius 1 is 1.33 bits per heavy atom. The minimum Gasteiger partial charge on any atom is -0.489 e. The highest BCUT2D eigenvalue weighted by atomic mass is 19.1. The zero-order chi connectivity index (χ0) is 19.6. The van der Waals surface area contributed by atoms with E-state index >= 15 is 0 Å². The van der Waals surface area contributed by atoms with E-state index in [0.717, 1.165) is 32.3 Å². The summed E-state index contributed by atoms with van der Waals surface area (Å²) in [6.07, 6.45) is -0.0731. The van der Waals surface area contributed by atoms with Crippen LogP contribution in [-0.2, 0) is 4.74 Å². The van der Waals surface area contributed by atoms with E-state index in [9.17, 15) is 4.39 Å². The number of rotatable bonds is 8. The van der Waals surface area contributed by atoms with Crippen LogP contribution >= 0.6 is 0 Å². The van der Waals surface area contributed by atoms with Crippen LogP contribution < -0.4 is 15.4 Å². The molecule has 27 heavy (non-hydrogen) atoms. The fourth-order valence-corrected chi connectivity index (χ4v) is 3.09. The van der Waals surface area contributed by atoms with E-state index in [1.54, 1.807) is 12.1 Å². The number of nitrogens with one attached hydrogen (secondary N) is 2. The van der Waals surface area contributed by atoms with Gasteiger partial charge in [-0.2, -0.15) is 0 Å². The third-order valence-corrected chi connectivity index (χ3v) is 4.55. The van der Waals surface area contributed by atoms with Crippen molar-refractivity contribution in [2.75, 3.05) is 39.4 Å². The van der Waals surface area contributed by atoms with Crippen molar-refractivity contribution in [1.29, 1.82) is 0 Å². The molecule has 0 spiro atoms. The molecule has 1 saturated heterocycles. The second kappa shape index (κ2) is 11.1. The first-order valence-electron chi connectivity index (χ1n) is 9.77. The summed E-state index contributed by atoms with van der Waals surface area (Å²) >= 11 is 0. The molecule has 0 radical (unpaired) electrons. The Bertz CT molecular complexity index is 582. The van der Waals surface area contributed by atoms with Gasteiger partial charge in [-0.1, -0.05) is 0 Å². The summed E-state index contributed by atoms with van der Waals surface area (Å²) in [5, 5.41) is 6.59. The first kappa shape index (κ1) is 21.4. The van der Waals surface area contributed by atoms with Crippen molar-refractivity contribution < 1.29 is 13.9 Å². The molecule has 2 rings (SSSR count). The second-order valence-electron chi connectivity index (χ2n) is 6.99. The lowest BCUT2D eigenvalue weighted by atomic mass is 10.2. The molecule has 1 aromatic carbocycles. The van der Waals surface area contributed by atoms with Crippen LogP contribution in [0.5, 0.6) is 5.75 Å². The van der Waals surface area contributed by atoms with Gasteiger partial charge in [0.2, 0.25) is 0 Å². The molecule has 3 unspecified atom stereocenters. The molecule has 1 fully saturated rings. The molecule has 0 amide bonds. The second-order valence-corrected chi connectivity index (χ2v) is 6.99. The molecule has 0 bridgehead atoms. The van der Waals surface area contributed by atoms with Crippen molar-refractivity contribution in [3.05, 3.63) is 30.1 Å². The quantitative estimate of drug-likeness (QED) is 0.535. The zero-order valence-corrected chi connectivity index (χ0v) is 16.9. The molecular weight excluding hydrogens is 347 g/mol. The Labute approximate surface area is 162 Å². The van der Waals surface area contributed by atoms with Gasteiger partial charge >= 0.3 is 0 Å². The molecule has 2 N–H and O–H groups in total. The van der Waals surface area contributed by atoms with E-state index in [1.165, 1.54) is 12.1 Å². The fourth-order valence-electron chi connectivity index (χ4n) is 3.09. The van der Waals surface area contributed by atoms with Gasteiger partial charge in [-0.05, 0) is 52.0 Å². The fraction of sp³-hybridized carbons (Fsp3) is 0.650. The molecule has 1 aliphatic rings. The third-order valence-electron chi connectivity index (χ3n) is 4.55. The van der Waals surface area contributed by atoms with Gasteiger partial charge in [0.05, 0.1) is 26.3 Å². The van der Waals surface area contributed by atoms with Crippen molar-refractivity contribution in [2.45, 2.75) is 45.9 Å². The Morgan fingerprint density at radius 2 is 2.07 bits per heavy atom. The SMILES string of the molecule is CCNC(=NCC(C)N1CCOCC1C)NCC(C)Oc1ccc(F)cc1. The molecule has 3 atom stereocenters. The van der Waals surface area contributed by atoms with Crippen LogP contribution in [0.1, 0.15) is 27.7 Å². The maximum atomic E-state index is 13.0. The predicted molar refractivity (Wildman–Crippen MR) is 107 cm³/mol. The predicted octanol–water partition coefficient (Wildman–Crippen LogP) is 2.26. The van der Waals surface area contributed by atoms with Crippen LogP contribution in [0.25, 0.3) is 0 Å². The number of morpholine rings is 1. The molecule has 1 aromatic rings. The van der Waals surface area contributed by atoms with E-state index in [4.69, 9.17) is 14.5 Å². The minimum atomic E-state index is -0.265. The molecule has 6 nitrogen and oxygen atoms in total. The van der Waals surface area contributed by atoms with E-state index < -0.39 is 0 Å². The van der Waals surface area contributed by atoms with Gasteiger partial charge in [0.25, 0.3) is 0 Å². The van der Waals surface area contributed by atoms with E-state index in [2.05, 4.69) is 29.4 Å². The molecule has 1 aliphatic heterocycles. The van der Waals surface area contributed by atoms with Gasteiger partial charge in [-0.3, -0.25) is 9.89 Å². The highest BCUT2D eigenvalue weighted by molar-refractivity contribution is 5.79. The molecule has 152 valence electrons. The average molecular weight is 381 g/mol. The highest BCUT2D eigenvalue weighted by Gasteiger charge is 2.23. The zero-order valence-electron chi connectivity index (χ0n) is 16.9. The van der Waals surface area contributed by atoms with Crippen molar-refractivity contribution in [3.63, 3.8) is 0 Å². The van der Waals surface area contributed by atoms with Gasteiger partial charge in [0.1, 0.15) is 17.7 Å². The first-order chi connectivity index (χ1) is 13.0. The summed E-state index contributed by atoms with van der Waals surface area (Å²) in [6, 6.07) is 6.84. The maximum Gasteiger partial charge on any atom is 0.191 e. The van der Waals surface area contributed by atoms with Crippen LogP contribution in [0.3, 0.4) is 0 Å². The Kier molecular flexibility index (Phi) is 8.81. The molecule has 0 aromatic heterocycles. The van der Waals surface area contributed by atoms with Crippen LogP contribution in [0.2, 0.25) is 0 Å². The Morgan fingerprint density at radius 3 is 2.74 bits per heavy atom. The van der Waals surface area contributed by atoms with Gasteiger partial charge in [0.15, 0.2) is 5.96 Å². The lowest BCUT2D eigenvalue weighted by molar-refractivity contribution is -0.0165. The van der Waals surface area contributed by atoms with E-state index in [0.29, 0.717) is 30.9 Å². The van der Waals surface area contributed by atoms with Crippen LogP contribution in [-0.4, -0.2) is 68.4 Å². The monoisotopic (exact) mass is 380 g/mol. The van der Waals surface area contributed by atoms with Crippen LogP contribution in [0.15, 0.2) is 29.3 Å². The smallest absolute Gasteiger partial charge is 0.191 e. The molecule has 7 heteroatoms. The number of aliphatic imine (C=N–C) groups is 1. The molecule has 1 heterocycles. The number of halogens is 1. The van der Waals surface area contributed by atoms with Gasteiger partial charge in [-0.15, -0.1) is 0 Å². The molecule has 0 saturated carbocycles. The summed E-state index contributed by atoms with van der Waals surface area (Å²) in [4.78, 5) is 7.16. The normalized spacial score (nSPS) is 20.8. The van der Waals surface area contributed by atoms with Gasteiger partial charge in [0, 0.05) is 25.2 Å². The summed E-state index contributed by atoms with van der Waals surface area (Å²) in [5.41, 5.74) is 0. The topological polar surface area (TPSA) is 58.1 Å². The lowest BCUT2D eigenvalue weighted by Crippen LogP contribution is -2.50. The largest absolute Gasteiger partial charge is 0.489 e. The maximum absolute atomic E-state index is 13.0. The van der Waals surface area contributed by atoms with Crippen molar-refractivity contribution >= 4 is 5.96 Å². The number of hydrogen-bond acceptors (Lipinski definition) is 4. The average Bonchev–Trinajstić information content (AvgIpc) is 2.66. The molecular formula is C20H33FN4O2. The van der Waals surface area contributed by atoms with Crippen molar-refractivity contribution in [1.82, 2.24) is 15.5 Å². The number of ether oxygens (including phenoxy) is 2. The van der Waals surface area contributed by atoms with E-state index in [-0.39, 0.29) is 11.9 Å². The minimum absolute atomic E-state index is 0.0731. The van der Waals surface area contributed by atoms with Crippen LogP contribution in [0.4, 0.5) is 4.39 Å². The van der Waals surface area contributed by atoms with Gasteiger partial charge in [-0.25, -0.2) is 4.39 Å². The third kappa shape index (κ3) is 7.34. The number of guanidine groups is 1. The van der Waals surface area contributed by atoms with Crippen LogP contribution in [0, 0.1) is 5.82 Å². The van der Waals surface area contributed by atoms with Crippen molar-refractivity contribution in [2.24, 2.45) is 4.99 Å². The number of hydrogen-bond donors (Lipinski definition) is 2. The van der Waals surface area contributed by atoms with Gasteiger partial charge < -0.3 is 20.1 Å². The Hall–Kier alpha value is -1.86. The van der Waals surface area contributed by atoms with Crippen molar-refractivity contribution in [3.8, 4) is 5.75 Å². The summed E-state index contributed by atoms with van der Waals surface area (Å²) in [6.45, 7) is 13.0. The highest BCUT2D eigenvalue weighted by Crippen LogP contribution is 2.13.